The van der Waals surface area contributed by atoms with Crippen LogP contribution in [0.3, 0.4) is 0 Å². The molecule has 0 aliphatic rings. The Bertz CT molecular complexity index is 3280. The van der Waals surface area contributed by atoms with Gasteiger partial charge in [-0.3, -0.25) is 0 Å². The molecule has 11 aromatic rings. The molecule has 0 spiro atoms. The standard InChI is InChI=1S/C56H37NS/c1-4-12-39(13-5-1)41-22-20-38(21-23-41)34-50(43-26-24-42(25-27-43)40-14-6-2-7-15-40)46-30-33-55-52(36-46)49-31-28-45(37-56(49)58-55)44-29-32-54-51(35-44)48-18-10-11-19-53(48)57(54)47-16-8-3-9-17-47/h1-37H/b50-34+. The van der Waals surface area contributed by atoms with Crippen LogP contribution in [0.1, 0.15) is 16.7 Å². The molecule has 2 aromatic heterocycles. The predicted molar refractivity (Wildman–Crippen MR) is 250 cm³/mol. The van der Waals surface area contributed by atoms with Crippen molar-refractivity contribution in [3.63, 3.8) is 0 Å². The Kier molecular flexibility index (Phi) is 8.42. The number of nitrogens with zero attached hydrogens (tertiary/aromatic N) is 1. The average Bonchev–Trinajstić information content (AvgIpc) is 3.84. The average molecular weight is 756 g/mol. The fourth-order valence-electron chi connectivity index (χ4n) is 8.51. The number of rotatable bonds is 7. The van der Waals surface area contributed by atoms with Crippen LogP contribution in [0, 0.1) is 0 Å². The van der Waals surface area contributed by atoms with Gasteiger partial charge in [0, 0.05) is 36.6 Å². The lowest BCUT2D eigenvalue weighted by Crippen LogP contribution is -1.92. The maximum absolute atomic E-state index is 2.40. The van der Waals surface area contributed by atoms with Crippen LogP contribution in [0.15, 0.2) is 218 Å². The molecule has 11 rings (SSSR count). The maximum Gasteiger partial charge on any atom is 0.0541 e. The van der Waals surface area contributed by atoms with E-state index in [4.69, 9.17) is 0 Å². The zero-order valence-corrected chi connectivity index (χ0v) is 32.5. The molecule has 0 radical (unpaired) electrons. The van der Waals surface area contributed by atoms with E-state index in [1.54, 1.807) is 0 Å². The van der Waals surface area contributed by atoms with Gasteiger partial charge in [0.15, 0.2) is 0 Å². The van der Waals surface area contributed by atoms with E-state index in [1.165, 1.54) is 103 Å². The number of aromatic nitrogens is 1. The fourth-order valence-corrected chi connectivity index (χ4v) is 9.63. The minimum atomic E-state index is 1.17. The van der Waals surface area contributed by atoms with E-state index in [1.807, 2.05) is 11.3 Å². The van der Waals surface area contributed by atoms with E-state index >= 15 is 0 Å². The SMILES string of the molecule is C(=C(/c1ccc(-c2ccccc2)cc1)c1ccc2sc3cc(-c4ccc5c(c4)c4ccccc4n5-c4ccccc4)ccc3c2c1)/c1ccc(-c2ccccc2)cc1. The highest BCUT2D eigenvalue weighted by Crippen LogP contribution is 2.41. The molecule has 0 amide bonds. The molecule has 272 valence electrons. The van der Waals surface area contributed by atoms with Crippen LogP contribution in [0.2, 0.25) is 0 Å². The van der Waals surface area contributed by atoms with Gasteiger partial charge in [0.1, 0.15) is 0 Å². The molecule has 0 unspecified atom stereocenters. The first-order chi connectivity index (χ1) is 28.7. The van der Waals surface area contributed by atoms with Gasteiger partial charge in [-0.05, 0) is 110 Å². The fraction of sp³-hybridized carbons (Fsp3) is 0. The summed E-state index contributed by atoms with van der Waals surface area (Å²) in [6.45, 7) is 0. The molecular formula is C56H37NS. The molecule has 0 saturated heterocycles. The van der Waals surface area contributed by atoms with Crippen molar-refractivity contribution in [1.29, 1.82) is 0 Å². The third-order valence-corrected chi connectivity index (χ3v) is 12.6. The lowest BCUT2D eigenvalue weighted by atomic mass is 9.92. The second kappa shape index (κ2) is 14.4. The van der Waals surface area contributed by atoms with E-state index < -0.39 is 0 Å². The first kappa shape index (κ1) is 34.0. The molecule has 0 N–H and O–H groups in total. The monoisotopic (exact) mass is 755 g/mol. The zero-order valence-electron chi connectivity index (χ0n) is 31.7. The van der Waals surface area contributed by atoms with Crippen LogP contribution in [0.25, 0.3) is 92.7 Å². The normalized spacial score (nSPS) is 11.9. The van der Waals surface area contributed by atoms with Crippen molar-refractivity contribution < 1.29 is 0 Å². The van der Waals surface area contributed by atoms with Gasteiger partial charge >= 0.3 is 0 Å². The molecule has 0 atom stereocenters. The molecule has 0 aliphatic carbocycles. The summed E-state index contributed by atoms with van der Waals surface area (Å²) in [7, 11) is 0. The van der Waals surface area contributed by atoms with Gasteiger partial charge in [0.2, 0.25) is 0 Å². The topological polar surface area (TPSA) is 4.93 Å². The highest BCUT2D eigenvalue weighted by atomic mass is 32.1. The largest absolute Gasteiger partial charge is 0.309 e. The molecule has 0 aliphatic heterocycles. The van der Waals surface area contributed by atoms with Crippen LogP contribution in [0.5, 0.6) is 0 Å². The Morgan fingerprint density at radius 3 is 1.62 bits per heavy atom. The third-order valence-electron chi connectivity index (χ3n) is 11.4. The first-order valence-corrected chi connectivity index (χ1v) is 20.6. The smallest absolute Gasteiger partial charge is 0.0541 e. The Labute approximate surface area is 342 Å². The van der Waals surface area contributed by atoms with E-state index in [0.717, 1.165) is 0 Å². The molecule has 2 heteroatoms. The minimum Gasteiger partial charge on any atom is -0.309 e. The number of benzene rings is 9. The number of hydrogen-bond acceptors (Lipinski definition) is 1. The summed E-state index contributed by atoms with van der Waals surface area (Å²) in [4.78, 5) is 0. The van der Waals surface area contributed by atoms with E-state index in [0.29, 0.717) is 0 Å². The lowest BCUT2D eigenvalue weighted by Gasteiger charge is -2.12. The summed E-state index contributed by atoms with van der Waals surface area (Å²) >= 11 is 1.87. The molecule has 9 aromatic carbocycles. The van der Waals surface area contributed by atoms with Crippen LogP contribution in [-0.2, 0) is 0 Å². The summed E-state index contributed by atoms with van der Waals surface area (Å²) in [5.74, 6) is 0. The minimum absolute atomic E-state index is 1.17. The first-order valence-electron chi connectivity index (χ1n) is 19.8. The molecule has 1 nitrogen and oxygen atoms in total. The van der Waals surface area contributed by atoms with Crippen molar-refractivity contribution in [2.45, 2.75) is 0 Å². The van der Waals surface area contributed by atoms with E-state index in [9.17, 15) is 0 Å². The number of fused-ring (bicyclic) bond motifs is 6. The van der Waals surface area contributed by atoms with Gasteiger partial charge in [-0.2, -0.15) is 0 Å². The highest BCUT2D eigenvalue weighted by Gasteiger charge is 2.15. The van der Waals surface area contributed by atoms with Gasteiger partial charge < -0.3 is 4.57 Å². The Balaban J connectivity index is 0.992. The second-order valence-corrected chi connectivity index (χ2v) is 16.0. The third kappa shape index (κ3) is 6.12. The zero-order chi connectivity index (χ0) is 38.4. The summed E-state index contributed by atoms with van der Waals surface area (Å²) in [6.07, 6.45) is 2.34. The van der Waals surface area contributed by atoms with Crippen LogP contribution >= 0.6 is 11.3 Å². The Morgan fingerprint density at radius 1 is 0.345 bits per heavy atom. The van der Waals surface area contributed by atoms with E-state index in [-0.39, 0.29) is 0 Å². The van der Waals surface area contributed by atoms with Gasteiger partial charge in [0.05, 0.1) is 11.0 Å². The molecule has 2 heterocycles. The highest BCUT2D eigenvalue weighted by molar-refractivity contribution is 7.25. The predicted octanol–water partition coefficient (Wildman–Crippen LogP) is 15.7. The second-order valence-electron chi connectivity index (χ2n) is 14.9. The van der Waals surface area contributed by atoms with Crippen molar-refractivity contribution in [3.05, 3.63) is 235 Å². The van der Waals surface area contributed by atoms with Gasteiger partial charge in [-0.15, -0.1) is 11.3 Å². The maximum atomic E-state index is 2.40. The number of para-hydroxylation sites is 2. The summed E-state index contributed by atoms with van der Waals surface area (Å²) in [5.41, 5.74) is 15.7. The molecule has 0 fully saturated rings. The van der Waals surface area contributed by atoms with Gasteiger partial charge in [-0.1, -0.05) is 170 Å². The van der Waals surface area contributed by atoms with Gasteiger partial charge in [0.25, 0.3) is 0 Å². The van der Waals surface area contributed by atoms with Crippen molar-refractivity contribution in [2.75, 3.05) is 0 Å². The van der Waals surface area contributed by atoms with Gasteiger partial charge in [-0.25, -0.2) is 0 Å². The number of hydrogen-bond donors (Lipinski definition) is 0. The van der Waals surface area contributed by atoms with Crippen LogP contribution < -0.4 is 0 Å². The molecule has 58 heavy (non-hydrogen) atoms. The van der Waals surface area contributed by atoms with Crippen LogP contribution in [-0.4, -0.2) is 4.57 Å². The van der Waals surface area contributed by atoms with Crippen molar-refractivity contribution in [2.24, 2.45) is 0 Å². The quantitative estimate of drug-likeness (QED) is 0.143. The van der Waals surface area contributed by atoms with Crippen molar-refractivity contribution in [1.82, 2.24) is 4.57 Å². The molecule has 0 bridgehead atoms. The van der Waals surface area contributed by atoms with Crippen LogP contribution in [0.4, 0.5) is 0 Å². The van der Waals surface area contributed by atoms with Crippen molar-refractivity contribution >= 4 is 65.0 Å². The lowest BCUT2D eigenvalue weighted by molar-refractivity contribution is 1.18. The summed E-state index contributed by atoms with van der Waals surface area (Å²) < 4.78 is 4.97. The molecule has 0 saturated carbocycles. The number of thiophene rings is 1. The summed E-state index contributed by atoms with van der Waals surface area (Å²) in [6, 6.07) is 79.5. The Hall–Kier alpha value is -7.26. The van der Waals surface area contributed by atoms with E-state index in [2.05, 4.69) is 229 Å². The Morgan fingerprint density at radius 2 is 0.897 bits per heavy atom. The molecular weight excluding hydrogens is 719 g/mol. The summed E-state index contributed by atoms with van der Waals surface area (Å²) in [5, 5.41) is 5.11. The van der Waals surface area contributed by atoms with Crippen molar-refractivity contribution in [3.8, 4) is 39.1 Å².